The lowest BCUT2D eigenvalue weighted by Crippen LogP contribution is -1.97. The zero-order valence-corrected chi connectivity index (χ0v) is 9.18. The second-order valence-corrected chi connectivity index (χ2v) is 3.95. The minimum atomic E-state index is -0.984. The van der Waals surface area contributed by atoms with Gasteiger partial charge in [-0.1, -0.05) is 0 Å². The first kappa shape index (κ1) is 10.6. The molecule has 0 amide bonds. The average Bonchev–Trinajstić information content (AvgIpc) is 2.65. The number of aromatic carboxylic acids is 1. The van der Waals surface area contributed by atoms with Gasteiger partial charge in [0.2, 0.25) is 0 Å². The molecule has 16 heavy (non-hydrogen) atoms. The normalized spacial score (nSPS) is 10.3. The molecule has 0 aromatic carbocycles. The first-order valence-electron chi connectivity index (χ1n) is 4.38. The summed E-state index contributed by atoms with van der Waals surface area (Å²) in [6, 6.07) is 3.15. The van der Waals surface area contributed by atoms with Crippen molar-refractivity contribution in [3.8, 4) is 0 Å². The molecule has 0 spiro atoms. The number of carbonyl (C=O) groups is 1. The Morgan fingerprint density at radius 3 is 2.75 bits per heavy atom. The smallest absolute Gasteiger partial charge is 0.337 e. The van der Waals surface area contributed by atoms with E-state index < -0.39 is 5.97 Å². The minimum Gasteiger partial charge on any atom is -0.478 e. The Kier molecular flexibility index (Phi) is 2.86. The highest BCUT2D eigenvalue weighted by Crippen LogP contribution is 2.22. The lowest BCUT2D eigenvalue weighted by molar-refractivity contribution is 0.0696. The Hall–Kier alpha value is -1.89. The molecule has 2 heterocycles. The third-order valence-electron chi connectivity index (χ3n) is 1.85. The van der Waals surface area contributed by atoms with Crippen molar-refractivity contribution in [3.05, 3.63) is 30.2 Å². The van der Waals surface area contributed by atoms with Gasteiger partial charge in [-0.25, -0.2) is 19.4 Å². The number of hydrogen-bond acceptors (Lipinski definition) is 5. The summed E-state index contributed by atoms with van der Waals surface area (Å²) in [5.41, 5.74) is 0.169. The maximum absolute atomic E-state index is 10.6. The van der Waals surface area contributed by atoms with Gasteiger partial charge in [0.15, 0.2) is 5.16 Å². The average molecular weight is 236 g/mol. The van der Waals surface area contributed by atoms with Crippen molar-refractivity contribution in [1.29, 1.82) is 0 Å². The molecule has 0 bridgehead atoms. The minimum absolute atomic E-state index is 0.169. The van der Waals surface area contributed by atoms with Crippen LogP contribution in [0.1, 0.15) is 10.4 Å². The van der Waals surface area contributed by atoms with Gasteiger partial charge in [0.25, 0.3) is 0 Å². The second kappa shape index (κ2) is 4.31. The van der Waals surface area contributed by atoms with Gasteiger partial charge < -0.3 is 5.11 Å². The van der Waals surface area contributed by atoms with Crippen LogP contribution in [0.15, 0.2) is 34.8 Å². The van der Waals surface area contributed by atoms with E-state index in [0.717, 1.165) is 0 Å². The molecule has 7 heteroatoms. The molecule has 0 fully saturated rings. The number of nitrogens with zero attached hydrogens (tertiary/aromatic N) is 4. The van der Waals surface area contributed by atoms with Gasteiger partial charge in [0, 0.05) is 13.2 Å². The van der Waals surface area contributed by atoms with Crippen LogP contribution in [0.5, 0.6) is 0 Å². The third-order valence-corrected chi connectivity index (χ3v) is 2.85. The van der Waals surface area contributed by atoms with Crippen LogP contribution >= 0.6 is 11.8 Å². The molecule has 2 rings (SSSR count). The quantitative estimate of drug-likeness (QED) is 0.858. The van der Waals surface area contributed by atoms with E-state index in [-0.39, 0.29) is 5.56 Å². The number of rotatable bonds is 3. The van der Waals surface area contributed by atoms with Gasteiger partial charge in [-0.2, -0.15) is 5.10 Å². The highest BCUT2D eigenvalue weighted by molar-refractivity contribution is 7.99. The number of hydrogen-bond donors (Lipinski definition) is 1. The predicted octanol–water partition coefficient (Wildman–Crippen LogP) is 1.06. The fourth-order valence-corrected chi connectivity index (χ4v) is 1.75. The zero-order valence-electron chi connectivity index (χ0n) is 8.36. The van der Waals surface area contributed by atoms with Crippen LogP contribution < -0.4 is 0 Å². The topological polar surface area (TPSA) is 80.9 Å². The maximum Gasteiger partial charge on any atom is 0.337 e. The van der Waals surface area contributed by atoms with Gasteiger partial charge in [-0.3, -0.25) is 0 Å². The molecule has 0 saturated heterocycles. The highest BCUT2D eigenvalue weighted by atomic mass is 32.2. The molecule has 0 aliphatic heterocycles. The zero-order chi connectivity index (χ0) is 11.5. The van der Waals surface area contributed by atoms with E-state index in [1.807, 2.05) is 0 Å². The molecule has 0 saturated carbocycles. The Morgan fingerprint density at radius 2 is 2.25 bits per heavy atom. The Balaban J connectivity index is 2.17. The SMILES string of the molecule is Cn1ncnc1Sc1ccc(C(=O)O)cn1. The van der Waals surface area contributed by atoms with Crippen molar-refractivity contribution in [2.24, 2.45) is 7.05 Å². The molecule has 0 radical (unpaired) electrons. The van der Waals surface area contributed by atoms with Crippen LogP contribution in [-0.2, 0) is 7.05 Å². The van der Waals surface area contributed by atoms with Crippen molar-refractivity contribution in [3.63, 3.8) is 0 Å². The summed E-state index contributed by atoms with van der Waals surface area (Å²) in [5.74, 6) is -0.984. The van der Waals surface area contributed by atoms with Crippen LogP contribution in [0.3, 0.4) is 0 Å². The third kappa shape index (κ3) is 2.19. The standard InChI is InChI=1S/C9H8N4O2S/c1-13-9(11-5-12-13)16-7-3-2-6(4-10-7)8(14)15/h2-5H,1H3,(H,14,15). The van der Waals surface area contributed by atoms with Crippen molar-refractivity contribution < 1.29 is 9.90 Å². The first-order chi connectivity index (χ1) is 7.66. The lowest BCUT2D eigenvalue weighted by Gasteiger charge is -1.99. The summed E-state index contributed by atoms with van der Waals surface area (Å²) < 4.78 is 1.62. The van der Waals surface area contributed by atoms with Crippen molar-refractivity contribution >= 4 is 17.7 Å². The van der Waals surface area contributed by atoms with Gasteiger partial charge in [-0.05, 0) is 23.9 Å². The van der Waals surface area contributed by atoms with Gasteiger partial charge >= 0.3 is 5.97 Å². The van der Waals surface area contributed by atoms with Gasteiger partial charge in [0.05, 0.1) is 5.56 Å². The fourth-order valence-electron chi connectivity index (χ4n) is 1.04. The highest BCUT2D eigenvalue weighted by Gasteiger charge is 2.06. The summed E-state index contributed by atoms with van der Waals surface area (Å²) >= 11 is 1.33. The number of pyridine rings is 1. The number of aryl methyl sites for hydroxylation is 1. The predicted molar refractivity (Wildman–Crippen MR) is 56.3 cm³/mol. The van der Waals surface area contributed by atoms with E-state index in [1.165, 1.54) is 30.4 Å². The number of carboxylic acids is 1. The van der Waals surface area contributed by atoms with Crippen LogP contribution in [0.4, 0.5) is 0 Å². The summed E-state index contributed by atoms with van der Waals surface area (Å²) in [4.78, 5) is 18.7. The van der Waals surface area contributed by atoms with E-state index in [4.69, 9.17) is 5.11 Å². The monoisotopic (exact) mass is 236 g/mol. The molecule has 2 aromatic heterocycles. The van der Waals surface area contributed by atoms with Crippen molar-refractivity contribution in [2.75, 3.05) is 0 Å². The van der Waals surface area contributed by atoms with Crippen molar-refractivity contribution in [1.82, 2.24) is 19.7 Å². The van der Waals surface area contributed by atoms with Crippen molar-refractivity contribution in [2.45, 2.75) is 10.2 Å². The largest absolute Gasteiger partial charge is 0.478 e. The molecule has 0 aliphatic carbocycles. The summed E-state index contributed by atoms with van der Waals surface area (Å²) in [6.07, 6.45) is 2.77. The molecular formula is C9H8N4O2S. The molecule has 6 nitrogen and oxygen atoms in total. The molecular weight excluding hydrogens is 228 g/mol. The summed E-state index contributed by atoms with van der Waals surface area (Å²) in [5, 5.41) is 14.0. The maximum atomic E-state index is 10.6. The molecule has 0 unspecified atom stereocenters. The molecule has 82 valence electrons. The lowest BCUT2D eigenvalue weighted by atomic mass is 10.3. The van der Waals surface area contributed by atoms with Crippen LogP contribution in [0.2, 0.25) is 0 Å². The van der Waals surface area contributed by atoms with Crippen LogP contribution in [0.25, 0.3) is 0 Å². The van der Waals surface area contributed by atoms with E-state index in [2.05, 4.69) is 15.1 Å². The molecule has 2 aromatic rings. The summed E-state index contributed by atoms with van der Waals surface area (Å²) in [6.45, 7) is 0. The van der Waals surface area contributed by atoms with E-state index in [1.54, 1.807) is 17.8 Å². The number of carboxylic acid groups (broad SMARTS) is 1. The van der Waals surface area contributed by atoms with E-state index in [0.29, 0.717) is 10.2 Å². The Bertz CT molecular complexity index is 508. The van der Waals surface area contributed by atoms with Crippen LogP contribution in [-0.4, -0.2) is 30.8 Å². The first-order valence-corrected chi connectivity index (χ1v) is 5.19. The van der Waals surface area contributed by atoms with Crippen LogP contribution in [0, 0.1) is 0 Å². The Morgan fingerprint density at radius 1 is 1.44 bits per heavy atom. The van der Waals surface area contributed by atoms with E-state index >= 15 is 0 Å². The second-order valence-electron chi connectivity index (χ2n) is 2.96. The Labute approximate surface area is 95.3 Å². The number of aromatic nitrogens is 4. The van der Waals surface area contributed by atoms with Gasteiger partial charge in [0.1, 0.15) is 11.4 Å². The van der Waals surface area contributed by atoms with E-state index in [9.17, 15) is 4.79 Å². The van der Waals surface area contributed by atoms with Gasteiger partial charge in [-0.15, -0.1) is 0 Å². The molecule has 1 N–H and O–H groups in total. The fraction of sp³-hybridized carbons (Fsp3) is 0.111. The molecule has 0 aliphatic rings. The summed E-state index contributed by atoms with van der Waals surface area (Å²) in [7, 11) is 1.78. The molecule has 0 atom stereocenters.